The highest BCUT2D eigenvalue weighted by molar-refractivity contribution is 6.02. The van der Waals surface area contributed by atoms with Gasteiger partial charge in [-0.1, -0.05) is 6.42 Å². The summed E-state index contributed by atoms with van der Waals surface area (Å²) in [4.78, 5) is 10.4. The van der Waals surface area contributed by atoms with E-state index in [4.69, 9.17) is 0 Å². The second-order valence-corrected chi connectivity index (χ2v) is 7.27. The summed E-state index contributed by atoms with van der Waals surface area (Å²) in [5.74, 6) is 0. The molecule has 1 spiro atoms. The fraction of sp³-hybridized carbons (Fsp3) is 0.421. The Bertz CT molecular complexity index is 866. The van der Waals surface area contributed by atoms with Gasteiger partial charge in [-0.25, -0.2) is 4.98 Å². The number of hydrogen-bond donors (Lipinski definition) is 1. The van der Waals surface area contributed by atoms with Gasteiger partial charge in [-0.2, -0.15) is 10.2 Å². The van der Waals surface area contributed by atoms with E-state index in [0.29, 0.717) is 5.41 Å². The van der Waals surface area contributed by atoms with Gasteiger partial charge in [0.15, 0.2) is 0 Å². The van der Waals surface area contributed by atoms with E-state index in [9.17, 15) is 0 Å². The number of hydrogen-bond acceptors (Lipinski definition) is 4. The van der Waals surface area contributed by atoms with E-state index in [0.717, 1.165) is 23.3 Å². The Balaban J connectivity index is 1.62. The minimum Gasteiger partial charge on any atom is -0.370 e. The molecule has 5 nitrogen and oxygen atoms in total. The summed E-state index contributed by atoms with van der Waals surface area (Å²) in [6.45, 7) is 2.32. The summed E-state index contributed by atoms with van der Waals surface area (Å²) in [6.07, 6.45) is 14.4. The SMILES string of the molecule is c1cc(-c2c[nH]c3nccc(N4CCCC5(CCC5)C4)c23)cnn1. The zero-order valence-corrected chi connectivity index (χ0v) is 13.7. The van der Waals surface area contributed by atoms with Crippen molar-refractivity contribution in [2.24, 2.45) is 5.41 Å². The minimum absolute atomic E-state index is 0.572. The Morgan fingerprint density at radius 1 is 1.04 bits per heavy atom. The summed E-state index contributed by atoms with van der Waals surface area (Å²) in [7, 11) is 0. The van der Waals surface area contributed by atoms with Crippen molar-refractivity contribution in [2.75, 3.05) is 18.0 Å². The van der Waals surface area contributed by atoms with Crippen LogP contribution in [0.2, 0.25) is 0 Å². The first-order valence-corrected chi connectivity index (χ1v) is 8.83. The molecular weight excluding hydrogens is 298 g/mol. The summed E-state index contributed by atoms with van der Waals surface area (Å²) >= 11 is 0. The first-order valence-electron chi connectivity index (χ1n) is 8.83. The molecule has 0 amide bonds. The number of aromatic nitrogens is 4. The van der Waals surface area contributed by atoms with Crippen molar-refractivity contribution < 1.29 is 0 Å². The molecule has 4 heterocycles. The maximum Gasteiger partial charge on any atom is 0.139 e. The van der Waals surface area contributed by atoms with Crippen LogP contribution in [0.4, 0.5) is 5.69 Å². The standard InChI is InChI=1S/C19H21N5/c1-5-19(6-1)7-2-10-24(13-19)16-4-8-20-18-17(16)15(12-21-18)14-3-9-22-23-11-14/h3-4,8-9,11-12H,1-2,5-7,10,13H2,(H,20,21). The number of rotatable bonds is 2. The molecule has 0 bridgehead atoms. The van der Waals surface area contributed by atoms with Crippen molar-refractivity contribution in [3.63, 3.8) is 0 Å². The molecule has 5 heteroatoms. The van der Waals surface area contributed by atoms with Crippen LogP contribution in [0.1, 0.15) is 32.1 Å². The predicted molar refractivity (Wildman–Crippen MR) is 94.9 cm³/mol. The van der Waals surface area contributed by atoms with Crippen molar-refractivity contribution in [2.45, 2.75) is 32.1 Å². The van der Waals surface area contributed by atoms with Gasteiger partial charge < -0.3 is 9.88 Å². The topological polar surface area (TPSA) is 57.7 Å². The van der Waals surface area contributed by atoms with Gasteiger partial charge in [0, 0.05) is 47.7 Å². The average Bonchev–Trinajstić information content (AvgIpc) is 3.05. The summed E-state index contributed by atoms with van der Waals surface area (Å²) in [6, 6.07) is 4.18. The number of nitrogens with zero attached hydrogens (tertiary/aromatic N) is 4. The van der Waals surface area contributed by atoms with Crippen molar-refractivity contribution in [3.05, 3.63) is 36.9 Å². The van der Waals surface area contributed by atoms with Crippen LogP contribution < -0.4 is 4.90 Å². The predicted octanol–water partition coefficient (Wildman–Crippen LogP) is 3.79. The first-order chi connectivity index (χ1) is 11.8. The van der Waals surface area contributed by atoms with E-state index < -0.39 is 0 Å². The number of piperidine rings is 1. The van der Waals surface area contributed by atoms with E-state index in [1.807, 2.05) is 24.7 Å². The second-order valence-electron chi connectivity index (χ2n) is 7.27. The molecule has 1 saturated heterocycles. The van der Waals surface area contributed by atoms with E-state index in [1.54, 1.807) is 6.20 Å². The van der Waals surface area contributed by atoms with Crippen LogP contribution in [-0.2, 0) is 0 Å². The Labute approximate surface area is 141 Å². The smallest absolute Gasteiger partial charge is 0.139 e. The second kappa shape index (κ2) is 5.30. The zero-order valence-electron chi connectivity index (χ0n) is 13.7. The van der Waals surface area contributed by atoms with Crippen LogP contribution in [-0.4, -0.2) is 33.3 Å². The molecule has 3 aromatic heterocycles. The third-order valence-corrected chi connectivity index (χ3v) is 5.86. The van der Waals surface area contributed by atoms with Crippen LogP contribution in [0.25, 0.3) is 22.2 Å². The first kappa shape index (κ1) is 14.0. The Kier molecular flexibility index (Phi) is 3.08. The monoisotopic (exact) mass is 319 g/mol. The van der Waals surface area contributed by atoms with E-state index in [-0.39, 0.29) is 0 Å². The molecule has 1 aliphatic carbocycles. The highest BCUT2D eigenvalue weighted by Crippen LogP contribution is 2.49. The number of H-pyrrole nitrogens is 1. The van der Waals surface area contributed by atoms with Gasteiger partial charge in [-0.15, -0.1) is 0 Å². The van der Waals surface area contributed by atoms with Crippen molar-refractivity contribution in [1.82, 2.24) is 20.2 Å². The lowest BCUT2D eigenvalue weighted by atomic mass is 9.64. The average molecular weight is 319 g/mol. The molecular formula is C19H21N5. The Morgan fingerprint density at radius 3 is 2.75 bits per heavy atom. The minimum atomic E-state index is 0.572. The highest BCUT2D eigenvalue weighted by atomic mass is 15.2. The number of nitrogens with one attached hydrogen (secondary N) is 1. The molecule has 1 saturated carbocycles. The molecule has 3 aromatic rings. The molecule has 0 atom stereocenters. The maximum atomic E-state index is 4.54. The third-order valence-electron chi connectivity index (χ3n) is 5.86. The van der Waals surface area contributed by atoms with Crippen molar-refractivity contribution >= 4 is 16.7 Å². The lowest BCUT2D eigenvalue weighted by molar-refractivity contribution is 0.108. The molecule has 1 aliphatic heterocycles. The Morgan fingerprint density at radius 2 is 1.96 bits per heavy atom. The van der Waals surface area contributed by atoms with Gasteiger partial charge in [-0.3, -0.25) is 0 Å². The van der Waals surface area contributed by atoms with Crippen LogP contribution in [0.3, 0.4) is 0 Å². The molecule has 0 radical (unpaired) electrons. The van der Waals surface area contributed by atoms with E-state index in [2.05, 4.69) is 31.1 Å². The summed E-state index contributed by atoms with van der Waals surface area (Å²) in [5.41, 5.74) is 5.08. The normalized spacial score (nSPS) is 19.6. The van der Waals surface area contributed by atoms with Gasteiger partial charge in [0.05, 0.1) is 12.4 Å². The van der Waals surface area contributed by atoms with Gasteiger partial charge in [-0.05, 0) is 43.2 Å². The fourth-order valence-electron chi connectivity index (χ4n) is 4.48. The highest BCUT2D eigenvalue weighted by Gasteiger charge is 2.40. The van der Waals surface area contributed by atoms with Crippen LogP contribution in [0.15, 0.2) is 36.9 Å². The molecule has 0 aromatic carbocycles. The van der Waals surface area contributed by atoms with Gasteiger partial charge in [0.2, 0.25) is 0 Å². The van der Waals surface area contributed by atoms with Crippen LogP contribution >= 0.6 is 0 Å². The number of anilines is 1. The quantitative estimate of drug-likeness (QED) is 0.781. The number of pyridine rings is 1. The lowest BCUT2D eigenvalue weighted by Gasteiger charge is -2.49. The molecule has 24 heavy (non-hydrogen) atoms. The zero-order chi connectivity index (χ0) is 16.0. The lowest BCUT2D eigenvalue weighted by Crippen LogP contribution is -2.47. The molecule has 2 aliphatic rings. The summed E-state index contributed by atoms with van der Waals surface area (Å²) < 4.78 is 0. The molecule has 1 N–H and O–H groups in total. The molecule has 5 rings (SSSR count). The van der Waals surface area contributed by atoms with Crippen molar-refractivity contribution in [1.29, 1.82) is 0 Å². The maximum absolute atomic E-state index is 4.54. The van der Waals surface area contributed by atoms with Gasteiger partial charge >= 0.3 is 0 Å². The third kappa shape index (κ3) is 2.11. The van der Waals surface area contributed by atoms with E-state index >= 15 is 0 Å². The Hall–Kier alpha value is -2.43. The molecule has 2 fully saturated rings. The van der Waals surface area contributed by atoms with Crippen LogP contribution in [0, 0.1) is 5.41 Å². The van der Waals surface area contributed by atoms with Crippen LogP contribution in [0.5, 0.6) is 0 Å². The number of fused-ring (bicyclic) bond motifs is 1. The van der Waals surface area contributed by atoms with Crippen molar-refractivity contribution in [3.8, 4) is 11.1 Å². The summed E-state index contributed by atoms with van der Waals surface area (Å²) in [5, 5.41) is 9.15. The van der Waals surface area contributed by atoms with Gasteiger partial charge in [0.25, 0.3) is 0 Å². The largest absolute Gasteiger partial charge is 0.370 e. The molecule has 0 unspecified atom stereocenters. The number of aromatic amines is 1. The van der Waals surface area contributed by atoms with Gasteiger partial charge in [0.1, 0.15) is 5.65 Å². The fourth-order valence-corrected chi connectivity index (χ4v) is 4.48. The molecule has 122 valence electrons. The van der Waals surface area contributed by atoms with E-state index in [1.165, 1.54) is 49.7 Å².